The molecule has 2 heterocycles. The van der Waals surface area contributed by atoms with Crippen LogP contribution in [0.2, 0.25) is 0 Å². The van der Waals surface area contributed by atoms with Gasteiger partial charge in [0, 0.05) is 30.3 Å². The van der Waals surface area contributed by atoms with E-state index in [-0.39, 0.29) is 36.0 Å². The summed E-state index contributed by atoms with van der Waals surface area (Å²) < 4.78 is 11.7. The molecular weight excluding hydrogens is 486 g/mol. The van der Waals surface area contributed by atoms with E-state index in [1.165, 1.54) is 0 Å². The van der Waals surface area contributed by atoms with Gasteiger partial charge in [0.05, 0.1) is 37.5 Å². The van der Waals surface area contributed by atoms with E-state index in [4.69, 9.17) is 20.6 Å². The third kappa shape index (κ3) is 5.16. The molecule has 0 unspecified atom stereocenters. The first kappa shape index (κ1) is 27.0. The molecule has 2 amide bonds. The smallest absolute Gasteiger partial charge is 0.254 e. The van der Waals surface area contributed by atoms with E-state index in [2.05, 4.69) is 5.32 Å². The highest BCUT2D eigenvalue weighted by Gasteiger charge is 2.32. The van der Waals surface area contributed by atoms with Crippen LogP contribution in [0.1, 0.15) is 65.1 Å². The third-order valence-electron chi connectivity index (χ3n) is 6.74. The van der Waals surface area contributed by atoms with Crippen LogP contribution in [0.15, 0.2) is 24.3 Å². The first-order chi connectivity index (χ1) is 17.9. The molecule has 2 aliphatic heterocycles. The van der Waals surface area contributed by atoms with Crippen molar-refractivity contribution in [3.05, 3.63) is 52.1 Å². The number of fused-ring (bicyclic) bond motifs is 2. The summed E-state index contributed by atoms with van der Waals surface area (Å²) in [4.78, 5) is 41.3. The van der Waals surface area contributed by atoms with E-state index < -0.39 is 5.91 Å². The molecule has 10 nitrogen and oxygen atoms in total. The van der Waals surface area contributed by atoms with Crippen LogP contribution in [0.25, 0.3) is 0 Å². The van der Waals surface area contributed by atoms with Gasteiger partial charge in [-0.2, -0.15) is 0 Å². The van der Waals surface area contributed by atoms with E-state index in [0.717, 1.165) is 11.1 Å². The van der Waals surface area contributed by atoms with Crippen molar-refractivity contribution in [3.8, 4) is 11.5 Å². The largest absolute Gasteiger partial charge is 0.493 e. The summed E-state index contributed by atoms with van der Waals surface area (Å²) in [6, 6.07) is 7.02. The maximum Gasteiger partial charge on any atom is 0.254 e. The van der Waals surface area contributed by atoms with Crippen LogP contribution in [-0.4, -0.2) is 68.2 Å². The molecule has 0 saturated carbocycles. The lowest BCUT2D eigenvalue weighted by Crippen LogP contribution is -2.40. The Labute approximate surface area is 222 Å². The van der Waals surface area contributed by atoms with E-state index in [1.54, 1.807) is 30.1 Å². The highest BCUT2D eigenvalue weighted by molar-refractivity contribution is 6.08. The first-order valence-corrected chi connectivity index (χ1v) is 12.7. The SMILES string of the molecule is CCOc1cc2c(cc1C(=O)NC)C(=N)N(CC(=O)c1cc3c(c(C(C)(C)C)c1)OCCN3CC(N)=O)C2. The molecule has 0 spiro atoms. The van der Waals surface area contributed by atoms with Crippen LogP contribution < -0.4 is 25.4 Å². The van der Waals surface area contributed by atoms with E-state index in [9.17, 15) is 14.4 Å². The highest BCUT2D eigenvalue weighted by Crippen LogP contribution is 2.42. The number of nitrogens with zero attached hydrogens (tertiary/aromatic N) is 2. The molecule has 0 radical (unpaired) electrons. The van der Waals surface area contributed by atoms with Gasteiger partial charge >= 0.3 is 0 Å². The van der Waals surface area contributed by atoms with Gasteiger partial charge in [0.25, 0.3) is 5.91 Å². The topological polar surface area (TPSA) is 138 Å². The van der Waals surface area contributed by atoms with Gasteiger partial charge in [-0.1, -0.05) is 20.8 Å². The van der Waals surface area contributed by atoms with E-state index in [0.29, 0.717) is 60.2 Å². The summed E-state index contributed by atoms with van der Waals surface area (Å²) in [5, 5.41) is 11.3. The average Bonchev–Trinajstić information content (AvgIpc) is 3.15. The Bertz CT molecular complexity index is 1310. The minimum atomic E-state index is -0.460. The number of rotatable bonds is 8. The van der Waals surface area contributed by atoms with Gasteiger partial charge < -0.3 is 30.3 Å². The highest BCUT2D eigenvalue weighted by atomic mass is 16.5. The van der Waals surface area contributed by atoms with Crippen molar-refractivity contribution in [2.75, 3.05) is 44.8 Å². The summed E-state index contributed by atoms with van der Waals surface area (Å²) in [5.41, 5.74) is 8.94. The van der Waals surface area contributed by atoms with Crippen LogP contribution in [0.5, 0.6) is 11.5 Å². The van der Waals surface area contributed by atoms with Gasteiger partial charge in [-0.05, 0) is 42.2 Å². The number of amides is 2. The quantitative estimate of drug-likeness (QED) is 0.454. The maximum absolute atomic E-state index is 13.6. The van der Waals surface area contributed by atoms with Crippen LogP contribution in [0.3, 0.4) is 0 Å². The molecular formula is C28H35N5O5. The molecule has 0 saturated heterocycles. The number of carbonyl (C=O) groups is 3. The number of Topliss-reactive ketones (excluding diaryl/α,β-unsaturated/α-hetero) is 1. The average molecular weight is 522 g/mol. The van der Waals surface area contributed by atoms with Gasteiger partial charge in [-0.3, -0.25) is 19.8 Å². The van der Waals surface area contributed by atoms with Gasteiger partial charge in [0.1, 0.15) is 23.9 Å². The second kappa shape index (κ2) is 10.4. The lowest BCUT2D eigenvalue weighted by Gasteiger charge is -2.35. The van der Waals surface area contributed by atoms with Crippen molar-refractivity contribution >= 4 is 29.1 Å². The molecule has 0 aromatic heterocycles. The fourth-order valence-corrected chi connectivity index (χ4v) is 4.86. The predicted molar refractivity (Wildman–Crippen MR) is 145 cm³/mol. The van der Waals surface area contributed by atoms with Gasteiger partial charge in [-0.15, -0.1) is 0 Å². The molecule has 2 aromatic carbocycles. The Morgan fingerprint density at radius 2 is 1.87 bits per heavy atom. The number of ether oxygens (including phenoxy) is 2. The van der Waals surface area contributed by atoms with Gasteiger partial charge in [-0.25, -0.2) is 0 Å². The molecule has 2 aliphatic rings. The Morgan fingerprint density at radius 1 is 1.13 bits per heavy atom. The van der Waals surface area contributed by atoms with Crippen molar-refractivity contribution in [2.45, 2.75) is 39.7 Å². The van der Waals surface area contributed by atoms with Crippen LogP contribution in [-0.2, 0) is 16.8 Å². The molecule has 202 valence electrons. The number of primary amides is 1. The lowest BCUT2D eigenvalue weighted by atomic mass is 9.84. The van der Waals surface area contributed by atoms with Gasteiger partial charge in [0.15, 0.2) is 5.78 Å². The Hall–Kier alpha value is -4.08. The lowest BCUT2D eigenvalue weighted by molar-refractivity contribution is -0.116. The van der Waals surface area contributed by atoms with Crippen molar-refractivity contribution in [1.29, 1.82) is 5.41 Å². The number of amidine groups is 1. The second-order valence-corrected chi connectivity index (χ2v) is 10.5. The number of nitrogens with one attached hydrogen (secondary N) is 2. The minimum Gasteiger partial charge on any atom is -0.493 e. The molecule has 4 rings (SSSR count). The molecule has 0 bridgehead atoms. The number of nitrogens with two attached hydrogens (primary N) is 1. The molecule has 4 N–H and O–H groups in total. The molecule has 38 heavy (non-hydrogen) atoms. The fourth-order valence-electron chi connectivity index (χ4n) is 4.86. The van der Waals surface area contributed by atoms with Crippen molar-refractivity contribution < 1.29 is 23.9 Å². The molecule has 0 fully saturated rings. The zero-order chi connectivity index (χ0) is 27.8. The van der Waals surface area contributed by atoms with Crippen molar-refractivity contribution in [3.63, 3.8) is 0 Å². The van der Waals surface area contributed by atoms with Crippen LogP contribution >= 0.6 is 0 Å². The third-order valence-corrected chi connectivity index (χ3v) is 6.74. The fraction of sp³-hybridized carbons (Fsp3) is 0.429. The summed E-state index contributed by atoms with van der Waals surface area (Å²) in [6.07, 6.45) is 0. The number of ketones is 1. The number of hydrogen-bond acceptors (Lipinski definition) is 7. The molecule has 0 atom stereocenters. The Morgan fingerprint density at radius 3 is 2.50 bits per heavy atom. The van der Waals surface area contributed by atoms with Gasteiger partial charge in [0.2, 0.25) is 5.91 Å². The second-order valence-electron chi connectivity index (χ2n) is 10.5. The molecule has 0 aliphatic carbocycles. The Balaban J connectivity index is 1.66. The standard InChI is InChI=1S/C28H35N5O5/c1-6-37-23-11-17-13-33(26(30)18(17)12-19(23)27(36)31-5)14-22(34)16-9-20(28(2,3)4)25-21(10-16)32(7-8-38-25)15-24(29)35/h9-12,30H,6-8,13-15H2,1-5H3,(H2,29,35)(H,31,36). The molecule has 10 heteroatoms. The number of hydrogen-bond donors (Lipinski definition) is 3. The van der Waals surface area contributed by atoms with Crippen LogP contribution in [0, 0.1) is 5.41 Å². The summed E-state index contributed by atoms with van der Waals surface area (Å²) in [5.74, 6) is 0.354. The Kier molecular flexibility index (Phi) is 7.35. The monoisotopic (exact) mass is 521 g/mol. The maximum atomic E-state index is 13.6. The predicted octanol–water partition coefficient (Wildman–Crippen LogP) is 2.45. The van der Waals surface area contributed by atoms with E-state index >= 15 is 0 Å². The van der Waals surface area contributed by atoms with Crippen LogP contribution in [0.4, 0.5) is 5.69 Å². The van der Waals surface area contributed by atoms with Crippen molar-refractivity contribution in [2.24, 2.45) is 5.73 Å². The summed E-state index contributed by atoms with van der Waals surface area (Å²) in [6.45, 7) is 9.62. The normalized spacial score (nSPS) is 14.5. The first-order valence-electron chi connectivity index (χ1n) is 12.7. The number of anilines is 1. The molecule has 2 aromatic rings. The zero-order valence-electron chi connectivity index (χ0n) is 22.6. The minimum absolute atomic E-state index is 0.0220. The summed E-state index contributed by atoms with van der Waals surface area (Å²) in [7, 11) is 1.54. The zero-order valence-corrected chi connectivity index (χ0v) is 22.6. The number of carbonyl (C=O) groups excluding carboxylic acids is 3. The summed E-state index contributed by atoms with van der Waals surface area (Å²) >= 11 is 0. The van der Waals surface area contributed by atoms with E-state index in [1.807, 2.05) is 38.7 Å². The van der Waals surface area contributed by atoms with Crippen molar-refractivity contribution in [1.82, 2.24) is 10.2 Å². The number of benzene rings is 2.